The fourth-order valence-electron chi connectivity index (χ4n) is 1.28. The number of rotatable bonds is 2. The molecule has 1 aliphatic rings. The van der Waals surface area contributed by atoms with Gasteiger partial charge in [-0.3, -0.25) is 4.79 Å². The molecule has 5 nitrogen and oxygen atoms in total. The topological polar surface area (TPSA) is 61.4 Å². The van der Waals surface area contributed by atoms with Crippen LogP contribution in [-0.2, 0) is 4.79 Å². The predicted octanol–water partition coefficient (Wildman–Crippen LogP) is -0.0737. The van der Waals surface area contributed by atoms with Gasteiger partial charge in [0, 0.05) is 32.6 Å². The quantitative estimate of drug-likeness (QED) is 0.653. The van der Waals surface area contributed by atoms with Gasteiger partial charge < -0.3 is 15.5 Å². The van der Waals surface area contributed by atoms with Gasteiger partial charge in [-0.2, -0.15) is 0 Å². The van der Waals surface area contributed by atoms with Crippen LogP contribution in [0.3, 0.4) is 0 Å². The van der Waals surface area contributed by atoms with Crippen molar-refractivity contribution in [3.63, 3.8) is 0 Å². The highest BCUT2D eigenvalue weighted by atomic mass is 16.2. The summed E-state index contributed by atoms with van der Waals surface area (Å²) < 4.78 is 0. The third-order valence-electron chi connectivity index (χ3n) is 2.41. The Hall–Kier alpha value is -1.26. The summed E-state index contributed by atoms with van der Waals surface area (Å²) in [6.07, 6.45) is 1.23. The summed E-state index contributed by atoms with van der Waals surface area (Å²) in [6.45, 7) is 3.15. The summed E-state index contributed by atoms with van der Waals surface area (Å²) in [6, 6.07) is 0.00264. The first kappa shape index (κ1) is 10.8. The van der Waals surface area contributed by atoms with Crippen LogP contribution in [0.4, 0.5) is 4.79 Å². The second-order valence-corrected chi connectivity index (χ2v) is 3.50. The predicted molar refractivity (Wildman–Crippen MR) is 52.9 cm³/mol. The molecular weight excluding hydrogens is 182 g/mol. The summed E-state index contributed by atoms with van der Waals surface area (Å²) in [5.41, 5.74) is 0. The van der Waals surface area contributed by atoms with Gasteiger partial charge in [-0.05, 0) is 13.3 Å². The lowest BCUT2D eigenvalue weighted by Gasteiger charge is -2.25. The fraction of sp³-hybridized carbons (Fsp3) is 0.778. The second-order valence-electron chi connectivity index (χ2n) is 3.50. The first-order chi connectivity index (χ1) is 6.63. The molecular formula is C9H17N3O2. The fourth-order valence-corrected chi connectivity index (χ4v) is 1.28. The Balaban J connectivity index is 2.30. The Morgan fingerprint density at radius 1 is 1.71 bits per heavy atom. The maximum atomic E-state index is 11.4. The van der Waals surface area contributed by atoms with Gasteiger partial charge in [-0.25, -0.2) is 4.79 Å². The lowest BCUT2D eigenvalue weighted by Crippen LogP contribution is -2.50. The van der Waals surface area contributed by atoms with Gasteiger partial charge in [0.05, 0.1) is 0 Å². The number of hydrogen-bond acceptors (Lipinski definition) is 2. The average molecular weight is 199 g/mol. The van der Waals surface area contributed by atoms with E-state index in [4.69, 9.17) is 0 Å². The summed E-state index contributed by atoms with van der Waals surface area (Å²) in [5, 5.41) is 5.58. The standard InChI is InChI=1S/C9H17N3O2/c1-3-12(2)9(14)11-7-4-5-8(13)10-6-7/h7H,3-6H2,1-2H3,(H,10,13)(H,11,14). The Morgan fingerprint density at radius 2 is 2.43 bits per heavy atom. The van der Waals surface area contributed by atoms with Gasteiger partial charge >= 0.3 is 6.03 Å². The van der Waals surface area contributed by atoms with Crippen LogP contribution in [0.25, 0.3) is 0 Å². The molecule has 2 N–H and O–H groups in total. The van der Waals surface area contributed by atoms with Crippen LogP contribution in [-0.4, -0.2) is 43.0 Å². The highest BCUT2D eigenvalue weighted by Crippen LogP contribution is 2.02. The first-order valence-electron chi connectivity index (χ1n) is 4.91. The number of carbonyl (C=O) groups excluding carboxylic acids is 2. The van der Waals surface area contributed by atoms with Gasteiger partial charge in [0.25, 0.3) is 0 Å². The average Bonchev–Trinajstić information content (AvgIpc) is 2.20. The summed E-state index contributed by atoms with van der Waals surface area (Å²) in [5.74, 6) is 0.0688. The molecule has 1 rings (SSSR count). The molecule has 0 aliphatic carbocycles. The van der Waals surface area contributed by atoms with Crippen LogP contribution in [0.1, 0.15) is 19.8 Å². The Morgan fingerprint density at radius 3 is 2.93 bits per heavy atom. The summed E-state index contributed by atoms with van der Waals surface area (Å²) in [4.78, 5) is 23.9. The Labute approximate surface area is 83.8 Å². The Bertz CT molecular complexity index is 220. The normalized spacial score (nSPS) is 21.3. The van der Waals surface area contributed by atoms with E-state index in [0.717, 1.165) is 6.42 Å². The number of nitrogens with zero attached hydrogens (tertiary/aromatic N) is 1. The van der Waals surface area contributed by atoms with E-state index in [9.17, 15) is 9.59 Å². The molecule has 0 spiro atoms. The zero-order chi connectivity index (χ0) is 10.6. The molecule has 1 fully saturated rings. The van der Waals surface area contributed by atoms with Gasteiger partial charge in [0.15, 0.2) is 0 Å². The second kappa shape index (κ2) is 4.83. The minimum atomic E-state index is -0.0753. The molecule has 1 heterocycles. The van der Waals surface area contributed by atoms with Crippen LogP contribution in [0.2, 0.25) is 0 Å². The molecule has 0 aromatic rings. The van der Waals surface area contributed by atoms with E-state index in [1.54, 1.807) is 11.9 Å². The molecule has 5 heteroatoms. The molecule has 1 unspecified atom stereocenters. The number of hydrogen-bond donors (Lipinski definition) is 2. The van der Waals surface area contributed by atoms with E-state index in [-0.39, 0.29) is 18.0 Å². The van der Waals surface area contributed by atoms with Crippen molar-refractivity contribution in [3.05, 3.63) is 0 Å². The molecule has 0 bridgehead atoms. The SMILES string of the molecule is CCN(C)C(=O)NC1CCC(=O)NC1. The molecule has 0 radical (unpaired) electrons. The van der Waals surface area contributed by atoms with E-state index in [1.807, 2.05) is 6.92 Å². The van der Waals surface area contributed by atoms with Crippen LogP contribution < -0.4 is 10.6 Å². The largest absolute Gasteiger partial charge is 0.354 e. The van der Waals surface area contributed by atoms with Crippen LogP contribution in [0, 0.1) is 0 Å². The van der Waals surface area contributed by atoms with Gasteiger partial charge in [0.1, 0.15) is 0 Å². The molecule has 3 amide bonds. The van der Waals surface area contributed by atoms with E-state index in [1.165, 1.54) is 0 Å². The van der Waals surface area contributed by atoms with Crippen molar-refractivity contribution in [2.24, 2.45) is 0 Å². The van der Waals surface area contributed by atoms with Crippen LogP contribution in [0.5, 0.6) is 0 Å². The van der Waals surface area contributed by atoms with E-state index < -0.39 is 0 Å². The zero-order valence-corrected chi connectivity index (χ0v) is 8.67. The first-order valence-corrected chi connectivity index (χ1v) is 4.91. The van der Waals surface area contributed by atoms with E-state index in [2.05, 4.69) is 10.6 Å². The smallest absolute Gasteiger partial charge is 0.317 e. The monoisotopic (exact) mass is 199 g/mol. The highest BCUT2D eigenvalue weighted by molar-refractivity contribution is 5.78. The van der Waals surface area contributed by atoms with E-state index >= 15 is 0 Å². The summed E-state index contributed by atoms with van der Waals surface area (Å²) >= 11 is 0. The molecule has 0 aromatic carbocycles. The molecule has 1 atom stereocenters. The van der Waals surface area contributed by atoms with Crippen LogP contribution in [0.15, 0.2) is 0 Å². The highest BCUT2D eigenvalue weighted by Gasteiger charge is 2.20. The third-order valence-corrected chi connectivity index (χ3v) is 2.41. The van der Waals surface area contributed by atoms with Crippen molar-refractivity contribution in [2.45, 2.75) is 25.8 Å². The number of nitrogens with one attached hydrogen (secondary N) is 2. The number of piperidine rings is 1. The molecule has 1 aliphatic heterocycles. The van der Waals surface area contributed by atoms with Crippen molar-refractivity contribution in [1.82, 2.24) is 15.5 Å². The number of amides is 3. The Kier molecular flexibility index (Phi) is 3.73. The third kappa shape index (κ3) is 2.90. The molecule has 0 aromatic heterocycles. The van der Waals surface area contributed by atoms with E-state index in [0.29, 0.717) is 19.5 Å². The maximum Gasteiger partial charge on any atom is 0.317 e. The van der Waals surface area contributed by atoms with Gasteiger partial charge in [0.2, 0.25) is 5.91 Å². The maximum absolute atomic E-state index is 11.4. The number of urea groups is 1. The molecule has 1 saturated heterocycles. The van der Waals surface area contributed by atoms with Gasteiger partial charge in [-0.1, -0.05) is 0 Å². The number of carbonyl (C=O) groups is 2. The van der Waals surface area contributed by atoms with Crippen molar-refractivity contribution in [2.75, 3.05) is 20.1 Å². The lowest BCUT2D eigenvalue weighted by atomic mass is 10.1. The van der Waals surface area contributed by atoms with Crippen molar-refractivity contribution < 1.29 is 9.59 Å². The minimum Gasteiger partial charge on any atom is -0.354 e. The minimum absolute atomic E-state index is 0.0688. The summed E-state index contributed by atoms with van der Waals surface area (Å²) in [7, 11) is 1.75. The zero-order valence-electron chi connectivity index (χ0n) is 8.67. The molecule has 0 saturated carbocycles. The molecule has 80 valence electrons. The lowest BCUT2D eigenvalue weighted by molar-refractivity contribution is -0.122. The van der Waals surface area contributed by atoms with Gasteiger partial charge in [-0.15, -0.1) is 0 Å². The molecule has 14 heavy (non-hydrogen) atoms. The van der Waals surface area contributed by atoms with Crippen molar-refractivity contribution in [3.8, 4) is 0 Å². The van der Waals surface area contributed by atoms with Crippen molar-refractivity contribution in [1.29, 1.82) is 0 Å². The van der Waals surface area contributed by atoms with Crippen LogP contribution >= 0.6 is 0 Å². The van der Waals surface area contributed by atoms with Crippen molar-refractivity contribution >= 4 is 11.9 Å².